The number of allylic oxidation sites excluding steroid dienone is 1. The number of nitrogens with zero attached hydrogens (tertiary/aromatic N) is 2. The lowest BCUT2D eigenvalue weighted by Crippen LogP contribution is -1.96. The Morgan fingerprint density at radius 1 is 1.18 bits per heavy atom. The molecule has 0 aliphatic rings. The smallest absolute Gasteiger partial charge is 0.204 e. The number of hydrogen-bond donors (Lipinski definition) is 0. The predicted octanol–water partition coefficient (Wildman–Crippen LogP) is 4.49. The molecule has 0 unspecified atom stereocenters. The summed E-state index contributed by atoms with van der Waals surface area (Å²) >= 11 is 6.18. The van der Waals surface area contributed by atoms with Crippen LogP contribution in [0.25, 0.3) is 17.0 Å². The molecule has 0 fully saturated rings. The van der Waals surface area contributed by atoms with Gasteiger partial charge in [-0.25, -0.2) is 4.98 Å². The van der Waals surface area contributed by atoms with E-state index in [9.17, 15) is 4.79 Å². The summed E-state index contributed by atoms with van der Waals surface area (Å²) in [6.07, 6.45) is 4.73. The van der Waals surface area contributed by atoms with Gasteiger partial charge in [-0.1, -0.05) is 29.3 Å². The molecule has 0 saturated carbocycles. The normalized spacial score (nSPS) is 11.2. The second-order valence-electron chi connectivity index (χ2n) is 4.98. The van der Waals surface area contributed by atoms with Gasteiger partial charge in [-0.3, -0.25) is 9.78 Å². The zero-order valence-corrected chi connectivity index (χ0v) is 12.7. The van der Waals surface area contributed by atoms with E-state index in [-0.39, 0.29) is 5.78 Å². The van der Waals surface area contributed by atoms with Gasteiger partial charge in [-0.2, -0.15) is 0 Å². The number of rotatable bonds is 3. The zero-order valence-electron chi connectivity index (χ0n) is 12.0. The fraction of sp³-hybridized carbons (Fsp3) is 0.0556. The molecular formula is C18H13ClN2O. The van der Waals surface area contributed by atoms with Crippen molar-refractivity contribution in [1.29, 1.82) is 0 Å². The predicted molar refractivity (Wildman–Crippen MR) is 89.1 cm³/mol. The van der Waals surface area contributed by atoms with Crippen molar-refractivity contribution in [3.8, 4) is 0 Å². The molecule has 3 rings (SSSR count). The van der Waals surface area contributed by atoms with Crippen molar-refractivity contribution in [2.24, 2.45) is 0 Å². The van der Waals surface area contributed by atoms with Crippen LogP contribution in [-0.2, 0) is 0 Å². The minimum atomic E-state index is -0.166. The highest BCUT2D eigenvalue weighted by Crippen LogP contribution is 2.22. The molecule has 0 N–H and O–H groups in total. The van der Waals surface area contributed by atoms with Crippen molar-refractivity contribution in [1.82, 2.24) is 9.97 Å². The number of benzene rings is 1. The molecule has 2 aromatic heterocycles. The second-order valence-corrected chi connectivity index (χ2v) is 5.34. The average molecular weight is 309 g/mol. The van der Waals surface area contributed by atoms with Crippen LogP contribution in [0.1, 0.15) is 21.6 Å². The van der Waals surface area contributed by atoms with Crippen LogP contribution in [0.4, 0.5) is 0 Å². The van der Waals surface area contributed by atoms with Crippen LogP contribution in [0.3, 0.4) is 0 Å². The van der Waals surface area contributed by atoms with Crippen LogP contribution in [-0.4, -0.2) is 15.8 Å². The van der Waals surface area contributed by atoms with E-state index >= 15 is 0 Å². The van der Waals surface area contributed by atoms with Gasteiger partial charge in [0.25, 0.3) is 0 Å². The Hall–Kier alpha value is -2.52. The second kappa shape index (κ2) is 6.08. The van der Waals surface area contributed by atoms with E-state index < -0.39 is 0 Å². The van der Waals surface area contributed by atoms with E-state index in [2.05, 4.69) is 9.97 Å². The van der Waals surface area contributed by atoms with Gasteiger partial charge >= 0.3 is 0 Å². The summed E-state index contributed by atoms with van der Waals surface area (Å²) in [6.45, 7) is 2.02. The number of halogens is 1. The third-order valence-corrected chi connectivity index (χ3v) is 3.59. The Morgan fingerprint density at radius 2 is 2.05 bits per heavy atom. The molecule has 1 aromatic carbocycles. The maximum absolute atomic E-state index is 12.0. The summed E-state index contributed by atoms with van der Waals surface area (Å²) in [4.78, 5) is 20.4. The van der Waals surface area contributed by atoms with Crippen molar-refractivity contribution in [2.75, 3.05) is 0 Å². The van der Waals surface area contributed by atoms with E-state index in [1.807, 2.05) is 31.2 Å². The highest BCUT2D eigenvalue weighted by Gasteiger charge is 2.05. The molecule has 2 heterocycles. The molecule has 0 bridgehead atoms. The molecule has 3 aromatic rings. The van der Waals surface area contributed by atoms with Crippen LogP contribution in [0, 0.1) is 6.92 Å². The quantitative estimate of drug-likeness (QED) is 0.407. The third-order valence-electron chi connectivity index (χ3n) is 3.28. The first kappa shape index (κ1) is 14.4. The van der Waals surface area contributed by atoms with E-state index in [0.29, 0.717) is 16.4 Å². The summed E-state index contributed by atoms with van der Waals surface area (Å²) < 4.78 is 0. The molecule has 0 amide bonds. The minimum absolute atomic E-state index is 0.166. The van der Waals surface area contributed by atoms with Gasteiger partial charge in [-0.05, 0) is 49.4 Å². The van der Waals surface area contributed by atoms with Crippen LogP contribution < -0.4 is 0 Å². The van der Waals surface area contributed by atoms with Crippen molar-refractivity contribution < 1.29 is 4.79 Å². The number of fused-ring (bicyclic) bond motifs is 1. The van der Waals surface area contributed by atoms with E-state index in [1.165, 1.54) is 6.08 Å². The highest BCUT2D eigenvalue weighted by atomic mass is 35.5. The Balaban J connectivity index is 1.94. The number of aromatic nitrogens is 2. The van der Waals surface area contributed by atoms with Gasteiger partial charge in [0.2, 0.25) is 5.78 Å². The lowest BCUT2D eigenvalue weighted by molar-refractivity contribution is 0.104. The summed E-state index contributed by atoms with van der Waals surface area (Å²) in [6, 6.07) is 13.1. The van der Waals surface area contributed by atoms with Crippen LogP contribution in [0.5, 0.6) is 0 Å². The number of carbonyl (C=O) groups is 1. The van der Waals surface area contributed by atoms with Gasteiger partial charge in [-0.15, -0.1) is 0 Å². The number of carbonyl (C=O) groups excluding carboxylic acids is 1. The lowest BCUT2D eigenvalue weighted by atomic mass is 10.1. The summed E-state index contributed by atoms with van der Waals surface area (Å²) in [5, 5.41) is 1.37. The molecule has 0 spiro atoms. The maximum atomic E-state index is 12.0. The fourth-order valence-corrected chi connectivity index (χ4v) is 2.37. The molecule has 108 valence electrons. The summed E-state index contributed by atoms with van der Waals surface area (Å²) in [5.41, 5.74) is 3.10. The van der Waals surface area contributed by atoms with Gasteiger partial charge in [0.1, 0.15) is 10.8 Å². The molecule has 0 saturated heterocycles. The van der Waals surface area contributed by atoms with Crippen LogP contribution >= 0.6 is 11.6 Å². The van der Waals surface area contributed by atoms with Crippen molar-refractivity contribution in [3.63, 3.8) is 0 Å². The lowest BCUT2D eigenvalue weighted by Gasteiger charge is -2.03. The standard InChI is InChI=1S/C18H13ClN2O/c1-12-5-7-15-14(10-12)11-13(18(19)21-15)6-8-17(22)16-4-2-3-9-20-16/h2-11H,1H3/b8-6+. The van der Waals surface area contributed by atoms with Crippen LogP contribution in [0.15, 0.2) is 54.7 Å². The third kappa shape index (κ3) is 3.05. The van der Waals surface area contributed by atoms with Crippen molar-refractivity contribution in [3.05, 3.63) is 76.7 Å². The topological polar surface area (TPSA) is 42.9 Å². The maximum Gasteiger partial charge on any atom is 0.204 e. The molecule has 4 heteroatoms. The van der Waals surface area contributed by atoms with Gasteiger partial charge in [0, 0.05) is 17.1 Å². The van der Waals surface area contributed by atoms with Gasteiger partial charge < -0.3 is 0 Å². The minimum Gasteiger partial charge on any atom is -0.288 e. The fourth-order valence-electron chi connectivity index (χ4n) is 2.16. The largest absolute Gasteiger partial charge is 0.288 e. The molecule has 0 aliphatic carbocycles. The summed E-state index contributed by atoms with van der Waals surface area (Å²) in [7, 11) is 0. The number of hydrogen-bond acceptors (Lipinski definition) is 3. The molecule has 0 radical (unpaired) electrons. The Bertz CT molecular complexity index is 873. The molecule has 22 heavy (non-hydrogen) atoms. The first-order chi connectivity index (χ1) is 10.6. The first-order valence-electron chi connectivity index (χ1n) is 6.84. The zero-order chi connectivity index (χ0) is 15.5. The number of pyridine rings is 2. The van der Waals surface area contributed by atoms with Gasteiger partial charge in [0.05, 0.1) is 5.52 Å². The SMILES string of the molecule is Cc1ccc2nc(Cl)c(/C=C/C(=O)c3ccccn3)cc2c1. The number of aryl methyl sites for hydroxylation is 1. The van der Waals surface area contributed by atoms with E-state index in [0.717, 1.165) is 16.5 Å². The summed E-state index contributed by atoms with van der Waals surface area (Å²) in [5.74, 6) is -0.166. The van der Waals surface area contributed by atoms with Crippen molar-refractivity contribution >= 4 is 34.4 Å². The van der Waals surface area contributed by atoms with E-state index in [4.69, 9.17) is 11.6 Å². The molecule has 3 nitrogen and oxygen atoms in total. The Morgan fingerprint density at radius 3 is 2.82 bits per heavy atom. The van der Waals surface area contributed by atoms with Crippen LogP contribution in [0.2, 0.25) is 5.15 Å². The Kier molecular flexibility index (Phi) is 3.98. The molecular weight excluding hydrogens is 296 g/mol. The molecule has 0 atom stereocenters. The molecule has 0 aliphatic heterocycles. The first-order valence-corrected chi connectivity index (χ1v) is 7.21. The average Bonchev–Trinajstić information content (AvgIpc) is 2.54. The van der Waals surface area contributed by atoms with Crippen molar-refractivity contribution in [2.45, 2.75) is 6.92 Å². The Labute approximate surface area is 133 Å². The highest BCUT2D eigenvalue weighted by molar-refractivity contribution is 6.31. The van der Waals surface area contributed by atoms with Gasteiger partial charge in [0.15, 0.2) is 0 Å². The number of ketones is 1. The van der Waals surface area contributed by atoms with E-state index in [1.54, 1.807) is 30.5 Å². The monoisotopic (exact) mass is 308 g/mol.